The average Bonchev–Trinajstić information content (AvgIpc) is 3.42. The minimum absolute atomic E-state index is 0.0509. The first-order valence-corrected chi connectivity index (χ1v) is 30.2. The van der Waals surface area contributed by atoms with Crippen molar-refractivity contribution in [2.24, 2.45) is 0 Å². The molecule has 77 heavy (non-hydrogen) atoms. The lowest BCUT2D eigenvalue weighted by Crippen LogP contribution is -2.61. The van der Waals surface area contributed by atoms with Crippen molar-refractivity contribution < 1.29 is 58.2 Å². The van der Waals surface area contributed by atoms with Crippen LogP contribution in [0.4, 0.5) is 0 Å². The predicted molar refractivity (Wildman–Crippen MR) is 312 cm³/mol. The van der Waals surface area contributed by atoms with Gasteiger partial charge in [0, 0.05) is 19.3 Å². The largest absolute Gasteiger partial charge is 0.479 e. The van der Waals surface area contributed by atoms with Crippen molar-refractivity contribution in [2.45, 2.75) is 276 Å². The summed E-state index contributed by atoms with van der Waals surface area (Å²) in [6.45, 7) is 5.77. The Labute approximate surface area is 466 Å². The summed E-state index contributed by atoms with van der Waals surface area (Å²) in [7, 11) is 0. The maximum atomic E-state index is 13.2. The molecule has 0 amide bonds. The zero-order valence-corrected chi connectivity index (χ0v) is 48.2. The first-order chi connectivity index (χ1) is 37.6. The van der Waals surface area contributed by atoms with E-state index in [4.69, 9.17) is 23.7 Å². The lowest BCUT2D eigenvalue weighted by atomic mass is 9.98. The average molecular weight is 1080 g/mol. The highest BCUT2D eigenvalue weighted by Crippen LogP contribution is 2.26. The molecule has 1 saturated heterocycles. The summed E-state index contributed by atoms with van der Waals surface area (Å²) < 4.78 is 28.3. The first kappa shape index (κ1) is 70.7. The molecule has 0 aromatic carbocycles. The van der Waals surface area contributed by atoms with Gasteiger partial charge in [-0.3, -0.25) is 14.4 Å². The number of allylic oxidation sites excluding steroid dienone is 16. The third-order valence-electron chi connectivity index (χ3n) is 13.2. The second-order valence-electron chi connectivity index (χ2n) is 20.3. The quantitative estimate of drug-likeness (QED) is 0.0228. The number of aliphatic carboxylic acids is 1. The van der Waals surface area contributed by atoms with Gasteiger partial charge in [0.25, 0.3) is 0 Å². The van der Waals surface area contributed by atoms with Gasteiger partial charge in [-0.25, -0.2) is 4.79 Å². The van der Waals surface area contributed by atoms with Crippen LogP contribution in [0.2, 0.25) is 0 Å². The van der Waals surface area contributed by atoms with E-state index in [1.54, 1.807) is 0 Å². The number of unbranched alkanes of at least 4 members (excludes halogenated alkanes) is 20. The van der Waals surface area contributed by atoms with Crippen LogP contribution in [-0.2, 0) is 42.9 Å². The second-order valence-corrected chi connectivity index (χ2v) is 20.3. The topological polar surface area (TPSA) is 175 Å². The standard InChI is InChI=1S/C65H106O12/c1-4-7-10-13-16-19-22-24-26-28-29-31-32-34-37-39-42-45-48-51-57(66)73-54-56(75-58(67)52-49-46-43-41-38-35-33-30-27-25-23-20-17-14-11-8-5-2)55-74-65-63(61(70)60(69)62(77-65)64(71)72)76-59(68)53-50-47-44-40-36-21-18-15-12-9-6-3/h7,10,16-17,19-20,24-27,29,31,34,37,42,45,56,60-63,65,69-70H,4-6,8-9,11-15,18,21-23,28,30,32-33,35-36,38-41,43-44,46-55H2,1-3H3,(H,71,72)/b10-7-,19-16-,20-17-,26-24-,27-25-,31-29-,37-34-,45-42-. The number of carbonyl (C=O) groups excluding carboxylic acids is 3. The van der Waals surface area contributed by atoms with Gasteiger partial charge in [0.05, 0.1) is 6.61 Å². The molecule has 6 atom stereocenters. The Hall–Kier alpha value is -4.36. The molecule has 438 valence electrons. The predicted octanol–water partition coefficient (Wildman–Crippen LogP) is 15.7. The molecule has 1 fully saturated rings. The molecule has 6 unspecified atom stereocenters. The van der Waals surface area contributed by atoms with Crippen molar-refractivity contribution in [1.29, 1.82) is 0 Å². The van der Waals surface area contributed by atoms with Crippen molar-refractivity contribution in [2.75, 3.05) is 13.2 Å². The Balaban J connectivity index is 2.74. The van der Waals surface area contributed by atoms with E-state index in [1.807, 2.05) is 12.2 Å². The Morgan fingerprint density at radius 2 is 0.844 bits per heavy atom. The molecular formula is C65H106O12. The zero-order valence-electron chi connectivity index (χ0n) is 48.2. The summed E-state index contributed by atoms with van der Waals surface area (Å²) in [4.78, 5) is 51.1. The Kier molecular flexibility index (Phi) is 48.0. The number of esters is 3. The Bertz CT molecular complexity index is 1710. The van der Waals surface area contributed by atoms with Gasteiger partial charge in [0.2, 0.25) is 0 Å². The van der Waals surface area contributed by atoms with Crippen LogP contribution in [0.5, 0.6) is 0 Å². The van der Waals surface area contributed by atoms with E-state index in [9.17, 15) is 34.5 Å². The molecule has 1 heterocycles. The van der Waals surface area contributed by atoms with Crippen molar-refractivity contribution in [3.05, 3.63) is 97.2 Å². The lowest BCUT2D eigenvalue weighted by molar-refractivity contribution is -0.301. The summed E-state index contributed by atoms with van der Waals surface area (Å²) >= 11 is 0. The van der Waals surface area contributed by atoms with E-state index in [0.717, 1.165) is 122 Å². The number of aliphatic hydroxyl groups excluding tert-OH is 2. The Morgan fingerprint density at radius 3 is 1.32 bits per heavy atom. The van der Waals surface area contributed by atoms with Crippen molar-refractivity contribution >= 4 is 23.9 Å². The van der Waals surface area contributed by atoms with Crippen LogP contribution < -0.4 is 0 Å². The number of hydrogen-bond donors (Lipinski definition) is 3. The van der Waals surface area contributed by atoms with Gasteiger partial charge in [-0.05, 0) is 89.9 Å². The van der Waals surface area contributed by atoms with Crippen molar-refractivity contribution in [3.8, 4) is 0 Å². The van der Waals surface area contributed by atoms with Crippen LogP contribution in [0.15, 0.2) is 97.2 Å². The fourth-order valence-electron chi connectivity index (χ4n) is 8.54. The number of ether oxygens (including phenoxy) is 5. The van der Waals surface area contributed by atoms with Crippen LogP contribution >= 0.6 is 0 Å². The number of carboxylic acid groups (broad SMARTS) is 1. The molecule has 0 saturated carbocycles. The number of carboxylic acids is 1. The summed E-state index contributed by atoms with van der Waals surface area (Å²) in [6.07, 6.45) is 56.8. The molecule has 1 aliphatic heterocycles. The summed E-state index contributed by atoms with van der Waals surface area (Å²) in [5, 5.41) is 31.5. The number of aliphatic hydroxyl groups is 2. The molecular weight excluding hydrogens is 973 g/mol. The molecule has 0 spiro atoms. The van der Waals surface area contributed by atoms with E-state index in [0.29, 0.717) is 19.3 Å². The van der Waals surface area contributed by atoms with E-state index in [-0.39, 0.29) is 25.9 Å². The van der Waals surface area contributed by atoms with Crippen LogP contribution in [0.1, 0.15) is 239 Å². The van der Waals surface area contributed by atoms with Crippen LogP contribution in [0.3, 0.4) is 0 Å². The second kappa shape index (κ2) is 52.3. The highest BCUT2D eigenvalue weighted by atomic mass is 16.7. The smallest absolute Gasteiger partial charge is 0.335 e. The molecule has 0 bridgehead atoms. The van der Waals surface area contributed by atoms with Gasteiger partial charge >= 0.3 is 23.9 Å². The zero-order chi connectivity index (χ0) is 56.1. The van der Waals surface area contributed by atoms with E-state index < -0.39 is 67.3 Å². The van der Waals surface area contributed by atoms with Gasteiger partial charge in [-0.1, -0.05) is 227 Å². The van der Waals surface area contributed by atoms with Gasteiger partial charge in [-0.15, -0.1) is 0 Å². The van der Waals surface area contributed by atoms with Crippen LogP contribution in [0.25, 0.3) is 0 Å². The van der Waals surface area contributed by atoms with Gasteiger partial charge in [-0.2, -0.15) is 0 Å². The minimum Gasteiger partial charge on any atom is -0.479 e. The number of hydrogen-bond acceptors (Lipinski definition) is 11. The minimum atomic E-state index is -1.91. The molecule has 3 N–H and O–H groups in total. The molecule has 1 aliphatic rings. The van der Waals surface area contributed by atoms with E-state index in [2.05, 4.69) is 106 Å². The van der Waals surface area contributed by atoms with Crippen molar-refractivity contribution in [1.82, 2.24) is 0 Å². The van der Waals surface area contributed by atoms with Gasteiger partial charge in [0.15, 0.2) is 24.6 Å². The molecule has 0 aliphatic carbocycles. The fraction of sp³-hybridized carbons (Fsp3) is 0.692. The first-order valence-electron chi connectivity index (χ1n) is 30.2. The van der Waals surface area contributed by atoms with Crippen LogP contribution in [0, 0.1) is 0 Å². The fourth-order valence-corrected chi connectivity index (χ4v) is 8.54. The third kappa shape index (κ3) is 42.3. The molecule has 0 radical (unpaired) electrons. The van der Waals surface area contributed by atoms with Gasteiger partial charge in [0.1, 0.15) is 18.8 Å². The monoisotopic (exact) mass is 1080 g/mol. The Morgan fingerprint density at radius 1 is 0.442 bits per heavy atom. The number of rotatable bonds is 50. The molecule has 0 aromatic rings. The van der Waals surface area contributed by atoms with Crippen LogP contribution in [-0.4, -0.2) is 89.2 Å². The highest BCUT2D eigenvalue weighted by molar-refractivity contribution is 5.74. The summed E-state index contributed by atoms with van der Waals surface area (Å²) in [5.74, 6) is -3.24. The van der Waals surface area contributed by atoms with Gasteiger partial charge < -0.3 is 39.0 Å². The normalized spacial score (nSPS) is 18.7. The SMILES string of the molecule is CC/C=C\C/C=C\C/C=C\C/C=C\C/C=C\C/C=C\CCC(=O)OCC(COC1OC(C(=O)O)C(O)C(O)C1OC(=O)CCCCCCCCCCCCC)OC(=O)CCCCCCCCC/C=C\C/C=C\CCCCC. The highest BCUT2D eigenvalue weighted by Gasteiger charge is 2.50. The summed E-state index contributed by atoms with van der Waals surface area (Å²) in [6, 6.07) is 0. The van der Waals surface area contributed by atoms with E-state index in [1.165, 1.54) is 57.8 Å². The third-order valence-corrected chi connectivity index (χ3v) is 13.2. The maximum Gasteiger partial charge on any atom is 0.335 e. The molecule has 12 nitrogen and oxygen atoms in total. The molecule has 0 aromatic heterocycles. The lowest BCUT2D eigenvalue weighted by Gasteiger charge is -2.40. The number of carbonyl (C=O) groups is 4. The maximum absolute atomic E-state index is 13.2. The summed E-state index contributed by atoms with van der Waals surface area (Å²) in [5.41, 5.74) is 0. The van der Waals surface area contributed by atoms with Crippen molar-refractivity contribution in [3.63, 3.8) is 0 Å². The molecule has 1 rings (SSSR count). The molecule has 12 heteroatoms. The van der Waals surface area contributed by atoms with E-state index >= 15 is 0 Å².